The Hall–Kier alpha value is -1.81. The van der Waals surface area contributed by atoms with Gasteiger partial charge in [0, 0.05) is 36.1 Å². The van der Waals surface area contributed by atoms with Gasteiger partial charge >= 0.3 is 0 Å². The summed E-state index contributed by atoms with van der Waals surface area (Å²) in [4.78, 5) is 7.03. The average Bonchev–Trinajstić information content (AvgIpc) is 2.77. The SMILES string of the molecule is COc1ccc2cc(CN3CC(C)CC3C)c(N)nc2c1. The van der Waals surface area contributed by atoms with Crippen LogP contribution in [0.3, 0.4) is 0 Å². The van der Waals surface area contributed by atoms with Crippen LogP contribution in [0.2, 0.25) is 0 Å². The molecule has 2 N–H and O–H groups in total. The minimum atomic E-state index is 0.617. The van der Waals surface area contributed by atoms with Gasteiger partial charge < -0.3 is 10.5 Å². The molecule has 1 aliphatic heterocycles. The van der Waals surface area contributed by atoms with E-state index in [0.717, 1.165) is 41.2 Å². The zero-order chi connectivity index (χ0) is 15.0. The molecule has 0 radical (unpaired) electrons. The molecule has 4 nitrogen and oxygen atoms in total. The average molecular weight is 285 g/mol. The van der Waals surface area contributed by atoms with Gasteiger partial charge in [-0.2, -0.15) is 0 Å². The van der Waals surface area contributed by atoms with E-state index in [9.17, 15) is 0 Å². The molecule has 0 amide bonds. The molecule has 2 unspecified atom stereocenters. The fourth-order valence-corrected chi connectivity index (χ4v) is 3.28. The van der Waals surface area contributed by atoms with Gasteiger partial charge in [0.05, 0.1) is 12.6 Å². The van der Waals surface area contributed by atoms with Crippen molar-refractivity contribution in [3.05, 3.63) is 29.8 Å². The van der Waals surface area contributed by atoms with Crippen molar-refractivity contribution in [1.82, 2.24) is 9.88 Å². The Labute approximate surface area is 125 Å². The van der Waals surface area contributed by atoms with E-state index in [2.05, 4.69) is 29.8 Å². The summed E-state index contributed by atoms with van der Waals surface area (Å²) in [6.07, 6.45) is 1.26. The van der Waals surface area contributed by atoms with Crippen molar-refractivity contribution in [1.29, 1.82) is 0 Å². The van der Waals surface area contributed by atoms with Crippen LogP contribution in [0.25, 0.3) is 10.9 Å². The number of ether oxygens (including phenoxy) is 1. The Kier molecular flexibility index (Phi) is 3.72. The molecule has 21 heavy (non-hydrogen) atoms. The molecule has 2 aromatic rings. The lowest BCUT2D eigenvalue weighted by atomic mass is 10.1. The van der Waals surface area contributed by atoms with Gasteiger partial charge in [-0.05, 0) is 37.5 Å². The summed E-state index contributed by atoms with van der Waals surface area (Å²) >= 11 is 0. The molecule has 1 aromatic heterocycles. The molecule has 1 aliphatic rings. The molecular formula is C17H23N3O. The number of nitrogen functional groups attached to an aromatic ring is 1. The van der Waals surface area contributed by atoms with E-state index < -0.39 is 0 Å². The Bertz CT molecular complexity index is 656. The van der Waals surface area contributed by atoms with Gasteiger partial charge in [0.25, 0.3) is 0 Å². The Morgan fingerprint density at radius 1 is 1.33 bits per heavy atom. The number of hydrogen-bond donors (Lipinski definition) is 1. The summed E-state index contributed by atoms with van der Waals surface area (Å²) in [5.41, 5.74) is 8.16. The fraction of sp³-hybridized carbons (Fsp3) is 0.471. The summed E-state index contributed by atoms with van der Waals surface area (Å²) in [6, 6.07) is 8.71. The number of likely N-dealkylation sites (tertiary alicyclic amines) is 1. The largest absolute Gasteiger partial charge is 0.497 e. The van der Waals surface area contributed by atoms with Crippen molar-refractivity contribution in [3.8, 4) is 5.75 Å². The van der Waals surface area contributed by atoms with Crippen molar-refractivity contribution in [2.24, 2.45) is 5.92 Å². The van der Waals surface area contributed by atoms with Crippen LogP contribution in [0.5, 0.6) is 5.75 Å². The molecule has 1 saturated heterocycles. The van der Waals surface area contributed by atoms with E-state index in [1.165, 1.54) is 6.42 Å². The first-order chi connectivity index (χ1) is 10.1. The summed E-state index contributed by atoms with van der Waals surface area (Å²) in [5.74, 6) is 2.20. The number of nitrogens with zero attached hydrogens (tertiary/aromatic N) is 2. The van der Waals surface area contributed by atoms with Gasteiger partial charge in [-0.1, -0.05) is 6.92 Å². The molecule has 0 spiro atoms. The van der Waals surface area contributed by atoms with Crippen LogP contribution in [0, 0.1) is 5.92 Å². The molecule has 0 aliphatic carbocycles. The molecule has 1 aromatic carbocycles. The van der Waals surface area contributed by atoms with Crippen LogP contribution in [-0.4, -0.2) is 29.6 Å². The number of benzene rings is 1. The van der Waals surface area contributed by atoms with Gasteiger partial charge in [0.2, 0.25) is 0 Å². The lowest BCUT2D eigenvalue weighted by molar-refractivity contribution is 0.257. The monoisotopic (exact) mass is 285 g/mol. The normalized spacial score (nSPS) is 22.8. The van der Waals surface area contributed by atoms with Gasteiger partial charge in [-0.3, -0.25) is 4.90 Å². The Morgan fingerprint density at radius 2 is 2.14 bits per heavy atom. The molecule has 2 heterocycles. The number of pyridine rings is 1. The lowest BCUT2D eigenvalue weighted by Crippen LogP contribution is -2.27. The van der Waals surface area contributed by atoms with E-state index in [1.807, 2.05) is 18.2 Å². The smallest absolute Gasteiger partial charge is 0.128 e. The minimum absolute atomic E-state index is 0.617. The maximum Gasteiger partial charge on any atom is 0.128 e. The first-order valence-corrected chi connectivity index (χ1v) is 7.54. The third-order valence-electron chi connectivity index (χ3n) is 4.42. The van der Waals surface area contributed by atoms with Gasteiger partial charge in [-0.25, -0.2) is 4.98 Å². The fourth-order valence-electron chi connectivity index (χ4n) is 3.28. The van der Waals surface area contributed by atoms with E-state index >= 15 is 0 Å². The lowest BCUT2D eigenvalue weighted by Gasteiger charge is -2.21. The van der Waals surface area contributed by atoms with Crippen molar-refractivity contribution in [3.63, 3.8) is 0 Å². The highest BCUT2D eigenvalue weighted by Gasteiger charge is 2.26. The minimum Gasteiger partial charge on any atom is -0.497 e. The van der Waals surface area contributed by atoms with Crippen LogP contribution in [0.1, 0.15) is 25.8 Å². The number of methoxy groups -OCH3 is 1. The molecule has 2 atom stereocenters. The maximum absolute atomic E-state index is 6.16. The number of fused-ring (bicyclic) bond motifs is 1. The Balaban J connectivity index is 1.90. The van der Waals surface area contributed by atoms with Gasteiger partial charge in [-0.15, -0.1) is 0 Å². The third kappa shape index (κ3) is 2.81. The first kappa shape index (κ1) is 14.1. The van der Waals surface area contributed by atoms with Crippen LogP contribution in [-0.2, 0) is 6.54 Å². The number of nitrogens with two attached hydrogens (primary N) is 1. The topological polar surface area (TPSA) is 51.4 Å². The number of rotatable bonds is 3. The van der Waals surface area contributed by atoms with E-state index in [0.29, 0.717) is 11.9 Å². The molecular weight excluding hydrogens is 262 g/mol. The Morgan fingerprint density at radius 3 is 2.81 bits per heavy atom. The second-order valence-electron chi connectivity index (χ2n) is 6.21. The molecule has 0 saturated carbocycles. The van der Waals surface area contributed by atoms with Crippen molar-refractivity contribution >= 4 is 16.7 Å². The molecule has 1 fully saturated rings. The van der Waals surface area contributed by atoms with E-state index in [-0.39, 0.29) is 0 Å². The highest BCUT2D eigenvalue weighted by atomic mass is 16.5. The first-order valence-electron chi connectivity index (χ1n) is 7.54. The predicted molar refractivity (Wildman–Crippen MR) is 86.4 cm³/mol. The van der Waals surface area contributed by atoms with E-state index in [1.54, 1.807) is 7.11 Å². The molecule has 112 valence electrons. The highest BCUT2D eigenvalue weighted by molar-refractivity contribution is 5.82. The summed E-state index contributed by atoms with van der Waals surface area (Å²) in [6.45, 7) is 6.62. The summed E-state index contributed by atoms with van der Waals surface area (Å²) in [5, 5.41) is 1.11. The number of aromatic nitrogens is 1. The van der Waals surface area contributed by atoms with Crippen molar-refractivity contribution in [2.45, 2.75) is 32.9 Å². The standard InChI is InChI=1S/C17H23N3O/c1-11-6-12(2)20(9-11)10-14-7-13-4-5-15(21-3)8-16(13)19-17(14)18/h4-5,7-8,11-12H,6,9-10H2,1-3H3,(H2,18,19). The summed E-state index contributed by atoms with van der Waals surface area (Å²) in [7, 11) is 1.66. The zero-order valence-corrected chi connectivity index (χ0v) is 13.0. The van der Waals surface area contributed by atoms with Crippen LogP contribution in [0.4, 0.5) is 5.82 Å². The van der Waals surface area contributed by atoms with Crippen LogP contribution >= 0.6 is 0 Å². The van der Waals surface area contributed by atoms with Crippen molar-refractivity contribution < 1.29 is 4.74 Å². The van der Waals surface area contributed by atoms with Gasteiger partial charge in [0.1, 0.15) is 11.6 Å². The quantitative estimate of drug-likeness (QED) is 0.941. The number of hydrogen-bond acceptors (Lipinski definition) is 4. The van der Waals surface area contributed by atoms with Crippen LogP contribution in [0.15, 0.2) is 24.3 Å². The third-order valence-corrected chi connectivity index (χ3v) is 4.42. The van der Waals surface area contributed by atoms with Crippen molar-refractivity contribution in [2.75, 3.05) is 19.4 Å². The second kappa shape index (κ2) is 5.53. The van der Waals surface area contributed by atoms with Gasteiger partial charge in [0.15, 0.2) is 0 Å². The van der Waals surface area contributed by atoms with Crippen LogP contribution < -0.4 is 10.5 Å². The molecule has 4 heteroatoms. The predicted octanol–water partition coefficient (Wildman–Crippen LogP) is 3.06. The maximum atomic E-state index is 6.16. The number of anilines is 1. The second-order valence-corrected chi connectivity index (χ2v) is 6.21. The van der Waals surface area contributed by atoms with E-state index in [4.69, 9.17) is 10.5 Å². The summed E-state index contributed by atoms with van der Waals surface area (Å²) < 4.78 is 5.24. The highest BCUT2D eigenvalue weighted by Crippen LogP contribution is 2.28. The molecule has 0 bridgehead atoms. The molecule has 3 rings (SSSR count). The zero-order valence-electron chi connectivity index (χ0n) is 13.0.